The van der Waals surface area contributed by atoms with E-state index in [9.17, 15) is 9.59 Å². The zero-order valence-corrected chi connectivity index (χ0v) is 9.70. The summed E-state index contributed by atoms with van der Waals surface area (Å²) in [6.07, 6.45) is 0.353. The first kappa shape index (κ1) is 12.3. The van der Waals surface area contributed by atoms with Crippen molar-refractivity contribution in [1.29, 1.82) is 0 Å². The lowest BCUT2D eigenvalue weighted by Crippen LogP contribution is -2.20. The molecule has 0 aliphatic heterocycles. The molecule has 0 bridgehead atoms. The summed E-state index contributed by atoms with van der Waals surface area (Å²) in [4.78, 5) is 22.0. The zero-order valence-electron chi connectivity index (χ0n) is 9.70. The van der Waals surface area contributed by atoms with Gasteiger partial charge in [-0.25, -0.2) is 4.79 Å². The molecule has 0 saturated carbocycles. The Morgan fingerprint density at radius 1 is 1.44 bits per heavy atom. The van der Waals surface area contributed by atoms with Crippen molar-refractivity contribution >= 4 is 11.9 Å². The van der Waals surface area contributed by atoms with Crippen molar-refractivity contribution in [2.24, 2.45) is 0 Å². The van der Waals surface area contributed by atoms with Gasteiger partial charge in [0.15, 0.2) is 0 Å². The molecule has 1 aromatic rings. The van der Waals surface area contributed by atoms with Crippen LogP contribution in [0.2, 0.25) is 0 Å². The maximum absolute atomic E-state index is 11.1. The average molecular weight is 224 g/mol. The Hall–Kier alpha value is -1.78. The summed E-state index contributed by atoms with van der Waals surface area (Å²) in [5, 5.41) is 11.5. The second-order valence-corrected chi connectivity index (χ2v) is 3.66. The van der Waals surface area contributed by atoms with Crippen molar-refractivity contribution in [3.05, 3.63) is 23.0 Å². The molecule has 1 rings (SSSR count). The maximum Gasteiger partial charge on any atom is 0.337 e. The van der Waals surface area contributed by atoms with Crippen molar-refractivity contribution in [2.45, 2.75) is 26.8 Å². The number of amides is 1. The highest BCUT2D eigenvalue weighted by Gasteiger charge is 2.14. The molecule has 0 saturated heterocycles. The number of carbonyl (C=O) groups is 2. The van der Waals surface area contributed by atoms with Crippen LogP contribution in [0, 0.1) is 13.8 Å². The quantitative estimate of drug-likeness (QED) is 0.799. The normalized spacial score (nSPS) is 10.2. The number of rotatable bonds is 4. The fourth-order valence-electron chi connectivity index (χ4n) is 1.70. The predicted octanol–water partition coefficient (Wildman–Crippen LogP) is 0.939. The first-order valence-corrected chi connectivity index (χ1v) is 5.08. The Labute approximate surface area is 94.1 Å². The summed E-state index contributed by atoms with van der Waals surface area (Å²) in [5.41, 5.74) is 1.85. The van der Waals surface area contributed by atoms with Crippen molar-refractivity contribution in [2.75, 3.05) is 7.05 Å². The van der Waals surface area contributed by atoms with E-state index in [-0.39, 0.29) is 5.91 Å². The number of hydrogen-bond acceptors (Lipinski definition) is 2. The van der Waals surface area contributed by atoms with E-state index in [0.717, 1.165) is 5.69 Å². The number of aromatic nitrogens is 1. The van der Waals surface area contributed by atoms with Crippen molar-refractivity contribution < 1.29 is 14.7 Å². The van der Waals surface area contributed by atoms with Gasteiger partial charge in [-0.3, -0.25) is 4.79 Å². The van der Waals surface area contributed by atoms with Crippen LogP contribution in [0.25, 0.3) is 0 Å². The van der Waals surface area contributed by atoms with Crippen LogP contribution in [0.15, 0.2) is 6.07 Å². The van der Waals surface area contributed by atoms with Crippen molar-refractivity contribution in [3.8, 4) is 0 Å². The molecular formula is C11H16N2O3. The molecule has 0 aromatic carbocycles. The highest BCUT2D eigenvalue weighted by atomic mass is 16.4. The van der Waals surface area contributed by atoms with Gasteiger partial charge in [0, 0.05) is 31.4 Å². The molecule has 0 fully saturated rings. The first-order valence-electron chi connectivity index (χ1n) is 5.08. The molecule has 0 spiro atoms. The molecule has 0 unspecified atom stereocenters. The van der Waals surface area contributed by atoms with Gasteiger partial charge < -0.3 is 15.0 Å². The van der Waals surface area contributed by atoms with E-state index in [0.29, 0.717) is 24.2 Å². The summed E-state index contributed by atoms with van der Waals surface area (Å²) in [6.45, 7) is 4.09. The molecule has 1 aromatic heterocycles. The summed E-state index contributed by atoms with van der Waals surface area (Å²) in [6, 6.07) is 1.63. The van der Waals surface area contributed by atoms with Gasteiger partial charge in [-0.05, 0) is 19.9 Å². The molecule has 1 amide bonds. The second-order valence-electron chi connectivity index (χ2n) is 3.66. The van der Waals surface area contributed by atoms with Crippen LogP contribution in [0.4, 0.5) is 0 Å². The number of aryl methyl sites for hydroxylation is 1. The van der Waals surface area contributed by atoms with Gasteiger partial charge in [-0.2, -0.15) is 0 Å². The topological polar surface area (TPSA) is 71.3 Å². The Morgan fingerprint density at radius 3 is 2.50 bits per heavy atom. The maximum atomic E-state index is 11.1. The largest absolute Gasteiger partial charge is 0.478 e. The molecular weight excluding hydrogens is 208 g/mol. The Morgan fingerprint density at radius 2 is 2.06 bits per heavy atom. The SMILES string of the molecule is CNC(=O)CCn1c(C)cc(C(=O)O)c1C. The van der Waals surface area contributed by atoms with E-state index < -0.39 is 5.97 Å². The van der Waals surface area contributed by atoms with Crippen molar-refractivity contribution in [1.82, 2.24) is 9.88 Å². The molecule has 1 heterocycles. The van der Waals surface area contributed by atoms with E-state index in [4.69, 9.17) is 5.11 Å². The number of aromatic carboxylic acids is 1. The van der Waals surface area contributed by atoms with Gasteiger partial charge in [0.05, 0.1) is 5.56 Å². The monoisotopic (exact) mass is 224 g/mol. The minimum atomic E-state index is -0.931. The van der Waals surface area contributed by atoms with Gasteiger partial charge in [-0.15, -0.1) is 0 Å². The predicted molar refractivity (Wildman–Crippen MR) is 59.5 cm³/mol. The van der Waals surface area contributed by atoms with Crippen LogP contribution < -0.4 is 5.32 Å². The lowest BCUT2D eigenvalue weighted by atomic mass is 10.2. The number of hydrogen-bond donors (Lipinski definition) is 2. The third-order valence-corrected chi connectivity index (χ3v) is 2.65. The van der Waals surface area contributed by atoms with Gasteiger partial charge in [-0.1, -0.05) is 0 Å². The van der Waals surface area contributed by atoms with Crippen LogP contribution >= 0.6 is 0 Å². The molecule has 0 radical (unpaired) electrons. The first-order chi connectivity index (χ1) is 7.47. The van der Waals surface area contributed by atoms with E-state index in [2.05, 4.69) is 5.32 Å². The molecule has 16 heavy (non-hydrogen) atoms. The standard InChI is InChI=1S/C11H16N2O3/c1-7-6-9(11(15)16)8(2)13(7)5-4-10(14)12-3/h6H,4-5H2,1-3H3,(H,12,14)(H,15,16). The smallest absolute Gasteiger partial charge is 0.337 e. The lowest BCUT2D eigenvalue weighted by Gasteiger charge is -2.08. The van der Waals surface area contributed by atoms with Gasteiger partial charge in [0.25, 0.3) is 0 Å². The Kier molecular flexibility index (Phi) is 3.71. The third kappa shape index (κ3) is 2.42. The van der Waals surface area contributed by atoms with Gasteiger partial charge in [0.1, 0.15) is 0 Å². The van der Waals surface area contributed by atoms with Crippen LogP contribution in [-0.2, 0) is 11.3 Å². The third-order valence-electron chi connectivity index (χ3n) is 2.65. The number of nitrogens with one attached hydrogen (secondary N) is 1. The number of nitrogens with zero attached hydrogens (tertiary/aromatic N) is 1. The zero-order chi connectivity index (χ0) is 12.3. The highest BCUT2D eigenvalue weighted by Crippen LogP contribution is 2.15. The van der Waals surface area contributed by atoms with Gasteiger partial charge >= 0.3 is 5.97 Å². The van der Waals surface area contributed by atoms with E-state index >= 15 is 0 Å². The molecule has 5 nitrogen and oxygen atoms in total. The van der Waals surface area contributed by atoms with E-state index in [1.54, 1.807) is 20.0 Å². The van der Waals surface area contributed by atoms with Crippen LogP contribution in [0.1, 0.15) is 28.2 Å². The summed E-state index contributed by atoms with van der Waals surface area (Å²) < 4.78 is 1.85. The molecule has 5 heteroatoms. The molecule has 0 atom stereocenters. The highest BCUT2D eigenvalue weighted by molar-refractivity contribution is 5.89. The summed E-state index contributed by atoms with van der Waals surface area (Å²) in [5.74, 6) is -0.983. The molecule has 0 aliphatic rings. The number of carboxylic acids is 1. The lowest BCUT2D eigenvalue weighted by molar-refractivity contribution is -0.120. The molecule has 0 aliphatic carbocycles. The van der Waals surface area contributed by atoms with Crippen LogP contribution in [0.3, 0.4) is 0 Å². The number of carboxylic acid groups (broad SMARTS) is 1. The minimum Gasteiger partial charge on any atom is -0.478 e. The average Bonchev–Trinajstić information content (AvgIpc) is 2.51. The van der Waals surface area contributed by atoms with Crippen LogP contribution in [-0.4, -0.2) is 28.6 Å². The Bertz CT molecular complexity index is 421. The fourth-order valence-corrected chi connectivity index (χ4v) is 1.70. The second kappa shape index (κ2) is 4.83. The molecule has 88 valence electrons. The summed E-state index contributed by atoms with van der Waals surface area (Å²) >= 11 is 0. The fraction of sp³-hybridized carbons (Fsp3) is 0.455. The van der Waals surface area contributed by atoms with Crippen molar-refractivity contribution in [3.63, 3.8) is 0 Å². The minimum absolute atomic E-state index is 0.0515. The molecule has 2 N–H and O–H groups in total. The van der Waals surface area contributed by atoms with E-state index in [1.165, 1.54) is 0 Å². The Balaban J connectivity index is 2.88. The van der Waals surface area contributed by atoms with Gasteiger partial charge in [0.2, 0.25) is 5.91 Å². The number of carbonyl (C=O) groups excluding carboxylic acids is 1. The summed E-state index contributed by atoms with van der Waals surface area (Å²) in [7, 11) is 1.58. The van der Waals surface area contributed by atoms with E-state index in [1.807, 2.05) is 11.5 Å². The van der Waals surface area contributed by atoms with Crippen LogP contribution in [0.5, 0.6) is 0 Å².